The van der Waals surface area contributed by atoms with Crippen LogP contribution in [0.2, 0.25) is 0 Å². The Labute approximate surface area is 97.1 Å². The van der Waals surface area contributed by atoms with E-state index in [0.29, 0.717) is 12.1 Å². The predicted molar refractivity (Wildman–Crippen MR) is 62.1 cm³/mol. The standard InChI is InChI=1S/C12H22N2O2/c1-12(2,3)16-11(15)14-9-4-5-10(14)7-8(13)6-9/h8-10H,4-7,13H2,1-3H3/t8-,9-,10+. The largest absolute Gasteiger partial charge is 0.444 e. The molecule has 3 atom stereocenters. The van der Waals surface area contributed by atoms with Crippen LogP contribution in [0.15, 0.2) is 0 Å². The summed E-state index contributed by atoms with van der Waals surface area (Å²) < 4.78 is 5.44. The molecular formula is C12H22N2O2. The van der Waals surface area contributed by atoms with Crippen molar-refractivity contribution in [1.29, 1.82) is 0 Å². The van der Waals surface area contributed by atoms with Gasteiger partial charge in [0.2, 0.25) is 0 Å². The highest BCUT2D eigenvalue weighted by Crippen LogP contribution is 2.36. The molecule has 2 heterocycles. The van der Waals surface area contributed by atoms with E-state index in [1.807, 2.05) is 25.7 Å². The van der Waals surface area contributed by atoms with Crippen molar-refractivity contribution in [2.75, 3.05) is 0 Å². The first-order chi connectivity index (χ1) is 7.37. The summed E-state index contributed by atoms with van der Waals surface area (Å²) in [5.41, 5.74) is 5.56. The van der Waals surface area contributed by atoms with Crippen LogP contribution in [0.5, 0.6) is 0 Å². The van der Waals surface area contributed by atoms with E-state index in [4.69, 9.17) is 10.5 Å². The fourth-order valence-corrected chi connectivity index (χ4v) is 2.83. The maximum atomic E-state index is 12.0. The minimum absolute atomic E-state index is 0.160. The number of nitrogens with two attached hydrogens (primary N) is 1. The molecule has 0 aromatic heterocycles. The number of nitrogens with zero attached hydrogens (tertiary/aromatic N) is 1. The highest BCUT2D eigenvalue weighted by atomic mass is 16.6. The van der Waals surface area contributed by atoms with Crippen LogP contribution < -0.4 is 5.73 Å². The first-order valence-corrected chi connectivity index (χ1v) is 6.14. The van der Waals surface area contributed by atoms with Crippen molar-refractivity contribution < 1.29 is 9.53 Å². The zero-order valence-corrected chi connectivity index (χ0v) is 10.4. The van der Waals surface area contributed by atoms with Gasteiger partial charge in [-0.1, -0.05) is 0 Å². The first-order valence-electron chi connectivity index (χ1n) is 6.14. The van der Waals surface area contributed by atoms with Gasteiger partial charge in [-0.05, 0) is 46.5 Å². The lowest BCUT2D eigenvalue weighted by Crippen LogP contribution is -2.51. The quantitative estimate of drug-likeness (QED) is 0.686. The lowest BCUT2D eigenvalue weighted by Gasteiger charge is -2.38. The van der Waals surface area contributed by atoms with Gasteiger partial charge in [-0.3, -0.25) is 0 Å². The fraction of sp³-hybridized carbons (Fsp3) is 0.917. The monoisotopic (exact) mass is 226 g/mol. The number of piperidine rings is 1. The van der Waals surface area contributed by atoms with Gasteiger partial charge in [0, 0.05) is 18.1 Å². The molecule has 2 saturated heterocycles. The van der Waals surface area contributed by atoms with Gasteiger partial charge in [-0.25, -0.2) is 4.79 Å². The number of amides is 1. The molecule has 0 spiro atoms. The Bertz CT molecular complexity index is 271. The Morgan fingerprint density at radius 2 is 1.75 bits per heavy atom. The van der Waals surface area contributed by atoms with Crippen LogP contribution in [0.1, 0.15) is 46.5 Å². The lowest BCUT2D eigenvalue weighted by atomic mass is 9.99. The molecule has 2 fully saturated rings. The highest BCUT2D eigenvalue weighted by Gasteiger charge is 2.43. The van der Waals surface area contributed by atoms with E-state index in [-0.39, 0.29) is 12.1 Å². The maximum absolute atomic E-state index is 12.0. The second-order valence-corrected chi connectivity index (χ2v) is 6.00. The second-order valence-electron chi connectivity index (χ2n) is 6.00. The van der Waals surface area contributed by atoms with Crippen molar-refractivity contribution in [3.8, 4) is 0 Å². The third-order valence-corrected chi connectivity index (χ3v) is 3.37. The summed E-state index contributed by atoms with van der Waals surface area (Å²) in [5.74, 6) is 0. The fourth-order valence-electron chi connectivity index (χ4n) is 2.83. The minimum atomic E-state index is -0.407. The molecule has 2 bridgehead atoms. The van der Waals surface area contributed by atoms with Crippen molar-refractivity contribution in [3.05, 3.63) is 0 Å². The van der Waals surface area contributed by atoms with Crippen LogP contribution in [0.25, 0.3) is 0 Å². The van der Waals surface area contributed by atoms with E-state index >= 15 is 0 Å². The van der Waals surface area contributed by atoms with Gasteiger partial charge in [-0.2, -0.15) is 0 Å². The van der Waals surface area contributed by atoms with Gasteiger partial charge < -0.3 is 15.4 Å². The van der Waals surface area contributed by atoms with Crippen LogP contribution in [-0.4, -0.2) is 34.7 Å². The topological polar surface area (TPSA) is 55.6 Å². The van der Waals surface area contributed by atoms with E-state index in [1.54, 1.807) is 0 Å². The van der Waals surface area contributed by atoms with Crippen molar-refractivity contribution >= 4 is 6.09 Å². The molecule has 0 aliphatic carbocycles. The average molecular weight is 226 g/mol. The van der Waals surface area contributed by atoms with E-state index in [2.05, 4.69) is 0 Å². The van der Waals surface area contributed by atoms with Crippen molar-refractivity contribution in [1.82, 2.24) is 4.90 Å². The average Bonchev–Trinajstić information content (AvgIpc) is 2.36. The lowest BCUT2D eigenvalue weighted by molar-refractivity contribution is 0.00620. The SMILES string of the molecule is CC(C)(C)OC(=O)N1[C@@H]2CC[C@H]1C[C@H](N)C2. The summed E-state index contributed by atoms with van der Waals surface area (Å²) >= 11 is 0. The Morgan fingerprint density at radius 1 is 1.25 bits per heavy atom. The molecule has 0 saturated carbocycles. The van der Waals surface area contributed by atoms with Gasteiger partial charge in [-0.15, -0.1) is 0 Å². The molecule has 4 heteroatoms. The molecular weight excluding hydrogens is 204 g/mol. The smallest absolute Gasteiger partial charge is 0.410 e. The van der Waals surface area contributed by atoms with Crippen molar-refractivity contribution in [2.24, 2.45) is 5.73 Å². The molecule has 0 radical (unpaired) electrons. The molecule has 1 amide bonds. The van der Waals surface area contributed by atoms with Gasteiger partial charge >= 0.3 is 6.09 Å². The van der Waals surface area contributed by atoms with E-state index in [1.165, 1.54) is 0 Å². The summed E-state index contributed by atoms with van der Waals surface area (Å²) in [5, 5.41) is 0. The molecule has 2 aliphatic rings. The minimum Gasteiger partial charge on any atom is -0.444 e. The van der Waals surface area contributed by atoms with E-state index < -0.39 is 5.60 Å². The third kappa shape index (κ3) is 2.32. The summed E-state index contributed by atoms with van der Waals surface area (Å²) in [7, 11) is 0. The highest BCUT2D eigenvalue weighted by molar-refractivity contribution is 5.69. The van der Waals surface area contributed by atoms with Gasteiger partial charge in [0.1, 0.15) is 5.60 Å². The summed E-state index contributed by atoms with van der Waals surface area (Å²) in [6, 6.07) is 0.878. The molecule has 2 rings (SSSR count). The summed E-state index contributed by atoms with van der Waals surface area (Å²) in [6.45, 7) is 5.72. The van der Waals surface area contributed by atoms with Crippen LogP contribution in [0, 0.1) is 0 Å². The van der Waals surface area contributed by atoms with Gasteiger partial charge in [0.15, 0.2) is 0 Å². The molecule has 92 valence electrons. The van der Waals surface area contributed by atoms with Crippen LogP contribution >= 0.6 is 0 Å². The molecule has 0 aromatic rings. The Kier molecular flexibility index (Phi) is 2.86. The van der Waals surface area contributed by atoms with Gasteiger partial charge in [0.05, 0.1) is 0 Å². The van der Waals surface area contributed by atoms with E-state index in [9.17, 15) is 4.79 Å². The Balaban J connectivity index is 2.03. The zero-order valence-electron chi connectivity index (χ0n) is 10.4. The van der Waals surface area contributed by atoms with Gasteiger partial charge in [0.25, 0.3) is 0 Å². The number of hydrogen-bond acceptors (Lipinski definition) is 3. The number of carbonyl (C=O) groups is 1. The van der Waals surface area contributed by atoms with E-state index in [0.717, 1.165) is 25.7 Å². The number of carbonyl (C=O) groups excluding carboxylic acids is 1. The summed E-state index contributed by atoms with van der Waals surface area (Å²) in [6.07, 6.45) is 3.85. The molecule has 0 aromatic carbocycles. The second kappa shape index (κ2) is 3.91. The molecule has 16 heavy (non-hydrogen) atoms. The molecule has 2 N–H and O–H groups in total. The zero-order chi connectivity index (χ0) is 11.9. The molecule has 2 aliphatic heterocycles. The Morgan fingerprint density at radius 3 is 2.19 bits per heavy atom. The normalized spacial score (nSPS) is 34.0. The first kappa shape index (κ1) is 11.7. The number of hydrogen-bond donors (Lipinski definition) is 1. The number of fused-ring (bicyclic) bond motifs is 2. The number of rotatable bonds is 0. The third-order valence-electron chi connectivity index (χ3n) is 3.37. The van der Waals surface area contributed by atoms with Crippen LogP contribution in [0.4, 0.5) is 4.79 Å². The maximum Gasteiger partial charge on any atom is 0.410 e. The van der Waals surface area contributed by atoms with Crippen molar-refractivity contribution in [3.63, 3.8) is 0 Å². The van der Waals surface area contributed by atoms with Crippen molar-refractivity contribution in [2.45, 2.75) is 70.2 Å². The van der Waals surface area contributed by atoms with Crippen LogP contribution in [-0.2, 0) is 4.74 Å². The Hall–Kier alpha value is -0.770. The summed E-state index contributed by atoms with van der Waals surface area (Å²) in [4.78, 5) is 14.0. The number of ether oxygens (including phenoxy) is 1. The van der Waals surface area contributed by atoms with Crippen LogP contribution in [0.3, 0.4) is 0 Å². The molecule has 0 unspecified atom stereocenters. The predicted octanol–water partition coefficient (Wildman–Crippen LogP) is 1.88. The molecule has 4 nitrogen and oxygen atoms in total.